The number of hydrogen-bond acceptors (Lipinski definition) is 9. The summed E-state index contributed by atoms with van der Waals surface area (Å²) in [5.74, 6) is 2.67. The van der Waals surface area contributed by atoms with Crippen molar-refractivity contribution in [1.82, 2.24) is 20.3 Å². The van der Waals surface area contributed by atoms with Gasteiger partial charge in [0.25, 0.3) is 0 Å². The second-order valence-electron chi connectivity index (χ2n) is 10.4. The maximum absolute atomic E-state index is 6.08. The molecule has 0 amide bonds. The molecular weight excluding hydrogens is 466 g/mol. The van der Waals surface area contributed by atoms with Crippen LogP contribution in [0.3, 0.4) is 0 Å². The highest BCUT2D eigenvalue weighted by molar-refractivity contribution is 6.00. The summed E-state index contributed by atoms with van der Waals surface area (Å²) in [6.45, 7) is 7.62. The number of ether oxygens (including phenoxy) is 2. The number of anilines is 2. The van der Waals surface area contributed by atoms with E-state index in [0.717, 1.165) is 84.5 Å². The van der Waals surface area contributed by atoms with Crippen molar-refractivity contribution in [2.75, 3.05) is 55.8 Å². The molecule has 1 aliphatic carbocycles. The zero-order valence-electron chi connectivity index (χ0n) is 21.3. The van der Waals surface area contributed by atoms with Gasteiger partial charge in [-0.1, -0.05) is 18.2 Å². The van der Waals surface area contributed by atoms with E-state index >= 15 is 0 Å². The smallest absolute Gasteiger partial charge is 0.229 e. The fourth-order valence-electron chi connectivity index (χ4n) is 6.12. The summed E-state index contributed by atoms with van der Waals surface area (Å²) in [4.78, 5) is 24.7. The molecule has 0 spiro atoms. The number of pyridine rings is 1. The Morgan fingerprint density at radius 1 is 0.973 bits per heavy atom. The van der Waals surface area contributed by atoms with Crippen molar-refractivity contribution in [2.45, 2.75) is 44.4 Å². The number of aliphatic imine (C=N–C) groups is 1. The number of rotatable bonds is 4. The van der Waals surface area contributed by atoms with Gasteiger partial charge >= 0.3 is 0 Å². The minimum Gasteiger partial charge on any atom is -0.377 e. The standard InChI is InChI=1S/C28H33N7O2/c1-18-17-36-14-12-34(18)27-21-8-9-22(19-4-2-5-20(16-19)25-29-10-11-30-25)31-26(21)32-28(33-27)35-13-15-37-24-7-3-6-23(24)35/h2,4-5,8-9,16,18,23-24H,3,6-7,10-15,17H2,1H3,(H,29,30)/t18-,23-,24+/m0/s1. The molecule has 2 saturated heterocycles. The van der Waals surface area contributed by atoms with E-state index in [1.807, 2.05) is 0 Å². The molecule has 37 heavy (non-hydrogen) atoms. The van der Waals surface area contributed by atoms with Crippen molar-refractivity contribution >= 4 is 28.6 Å². The lowest BCUT2D eigenvalue weighted by Gasteiger charge is -2.39. The van der Waals surface area contributed by atoms with Gasteiger partial charge in [-0.2, -0.15) is 9.97 Å². The van der Waals surface area contributed by atoms with E-state index in [2.05, 4.69) is 63.4 Å². The second kappa shape index (κ2) is 9.54. The third-order valence-corrected chi connectivity index (χ3v) is 8.01. The van der Waals surface area contributed by atoms with Crippen LogP contribution in [0.2, 0.25) is 0 Å². The first-order chi connectivity index (χ1) is 18.2. The van der Waals surface area contributed by atoms with Crippen molar-refractivity contribution < 1.29 is 9.47 Å². The Balaban J connectivity index is 1.33. The molecule has 5 heterocycles. The molecule has 3 aliphatic heterocycles. The highest BCUT2D eigenvalue weighted by atomic mass is 16.5. The van der Waals surface area contributed by atoms with Crippen LogP contribution in [0.1, 0.15) is 31.7 Å². The Morgan fingerprint density at radius 2 is 1.89 bits per heavy atom. The molecule has 0 radical (unpaired) electrons. The lowest BCUT2D eigenvalue weighted by Crippen LogP contribution is -2.49. The molecule has 1 saturated carbocycles. The monoisotopic (exact) mass is 499 g/mol. The van der Waals surface area contributed by atoms with Gasteiger partial charge in [0.15, 0.2) is 5.65 Å². The lowest BCUT2D eigenvalue weighted by atomic mass is 10.1. The van der Waals surface area contributed by atoms with Gasteiger partial charge in [-0.3, -0.25) is 4.99 Å². The minimum atomic E-state index is 0.236. The van der Waals surface area contributed by atoms with Crippen molar-refractivity contribution in [2.24, 2.45) is 4.99 Å². The molecule has 7 rings (SSSR count). The summed E-state index contributed by atoms with van der Waals surface area (Å²) in [6.07, 6.45) is 3.69. The fourth-order valence-corrected chi connectivity index (χ4v) is 6.12. The Labute approximate surface area is 216 Å². The minimum absolute atomic E-state index is 0.236. The van der Waals surface area contributed by atoms with Crippen LogP contribution in [-0.4, -0.2) is 85.0 Å². The molecule has 192 valence electrons. The molecule has 0 bridgehead atoms. The van der Waals surface area contributed by atoms with E-state index in [4.69, 9.17) is 24.4 Å². The van der Waals surface area contributed by atoms with Gasteiger partial charge in [0.2, 0.25) is 5.95 Å². The summed E-state index contributed by atoms with van der Waals surface area (Å²) in [5, 5.41) is 4.35. The normalized spacial score (nSPS) is 25.8. The molecule has 1 N–H and O–H groups in total. The maximum Gasteiger partial charge on any atom is 0.229 e. The van der Waals surface area contributed by atoms with Gasteiger partial charge in [0, 0.05) is 30.8 Å². The third-order valence-electron chi connectivity index (χ3n) is 8.01. The number of amidine groups is 1. The van der Waals surface area contributed by atoms with E-state index in [1.165, 1.54) is 6.42 Å². The van der Waals surface area contributed by atoms with E-state index < -0.39 is 0 Å². The zero-order chi connectivity index (χ0) is 24.8. The lowest BCUT2D eigenvalue weighted by molar-refractivity contribution is 0.0250. The average Bonchev–Trinajstić information content (AvgIpc) is 3.65. The van der Waals surface area contributed by atoms with E-state index in [9.17, 15) is 0 Å². The SMILES string of the molecule is C[C@H]1COCCN1c1nc(N2CCO[C@@H]3CCC[C@@H]32)nc2nc(-c3cccc(C4=NCCN4)c3)ccc12. The first-order valence-corrected chi connectivity index (χ1v) is 13.6. The van der Waals surface area contributed by atoms with E-state index in [1.54, 1.807) is 0 Å². The van der Waals surface area contributed by atoms with Crippen LogP contribution in [0, 0.1) is 0 Å². The Bertz CT molecular complexity index is 1350. The number of nitrogens with zero attached hydrogens (tertiary/aromatic N) is 6. The molecule has 0 unspecified atom stereocenters. The second-order valence-corrected chi connectivity index (χ2v) is 10.4. The van der Waals surface area contributed by atoms with Crippen LogP contribution in [-0.2, 0) is 9.47 Å². The van der Waals surface area contributed by atoms with Crippen molar-refractivity contribution in [3.63, 3.8) is 0 Å². The van der Waals surface area contributed by atoms with Crippen LogP contribution < -0.4 is 15.1 Å². The van der Waals surface area contributed by atoms with Crippen LogP contribution in [0.5, 0.6) is 0 Å². The molecule has 3 fully saturated rings. The topological polar surface area (TPSA) is 88.0 Å². The van der Waals surface area contributed by atoms with E-state index in [-0.39, 0.29) is 12.1 Å². The number of aromatic nitrogens is 3. The maximum atomic E-state index is 6.08. The number of benzene rings is 1. The first-order valence-electron chi connectivity index (χ1n) is 13.6. The Kier molecular flexibility index (Phi) is 5.89. The summed E-state index contributed by atoms with van der Waals surface area (Å²) in [6, 6.07) is 13.2. The van der Waals surface area contributed by atoms with Crippen LogP contribution in [0.25, 0.3) is 22.3 Å². The number of nitrogens with one attached hydrogen (secondary N) is 1. The number of morpholine rings is 2. The third kappa shape index (κ3) is 4.20. The molecule has 9 nitrogen and oxygen atoms in total. The van der Waals surface area contributed by atoms with Crippen LogP contribution in [0.15, 0.2) is 41.4 Å². The van der Waals surface area contributed by atoms with Gasteiger partial charge in [0.1, 0.15) is 11.7 Å². The molecule has 3 atom stereocenters. The van der Waals surface area contributed by atoms with Crippen LogP contribution >= 0.6 is 0 Å². The van der Waals surface area contributed by atoms with Crippen LogP contribution in [0.4, 0.5) is 11.8 Å². The highest BCUT2D eigenvalue weighted by Crippen LogP contribution is 2.35. The quantitative estimate of drug-likeness (QED) is 0.586. The van der Waals surface area contributed by atoms with Gasteiger partial charge in [-0.15, -0.1) is 0 Å². The summed E-state index contributed by atoms with van der Waals surface area (Å²) >= 11 is 0. The number of fused-ring (bicyclic) bond motifs is 2. The largest absolute Gasteiger partial charge is 0.377 e. The summed E-state index contributed by atoms with van der Waals surface area (Å²) in [5.41, 5.74) is 3.78. The molecule has 4 aliphatic rings. The Morgan fingerprint density at radius 3 is 2.78 bits per heavy atom. The molecule has 9 heteroatoms. The van der Waals surface area contributed by atoms with Crippen molar-refractivity contribution in [3.05, 3.63) is 42.0 Å². The molecular formula is C28H33N7O2. The molecule has 3 aromatic rings. The Hall–Kier alpha value is -3.30. The summed E-state index contributed by atoms with van der Waals surface area (Å²) < 4.78 is 11.8. The average molecular weight is 500 g/mol. The zero-order valence-corrected chi connectivity index (χ0v) is 21.3. The fraction of sp³-hybridized carbons (Fsp3) is 0.500. The van der Waals surface area contributed by atoms with E-state index in [0.29, 0.717) is 25.9 Å². The molecule has 2 aromatic heterocycles. The van der Waals surface area contributed by atoms with Gasteiger partial charge < -0.3 is 24.6 Å². The highest BCUT2D eigenvalue weighted by Gasteiger charge is 2.38. The van der Waals surface area contributed by atoms with Gasteiger partial charge in [-0.05, 0) is 44.4 Å². The van der Waals surface area contributed by atoms with Gasteiger partial charge in [0.05, 0.1) is 55.6 Å². The van der Waals surface area contributed by atoms with Crippen molar-refractivity contribution in [3.8, 4) is 11.3 Å². The predicted octanol–water partition coefficient (Wildman–Crippen LogP) is 3.02. The predicted molar refractivity (Wildman–Crippen MR) is 145 cm³/mol. The number of hydrogen-bond donors (Lipinski definition) is 1. The summed E-state index contributed by atoms with van der Waals surface area (Å²) in [7, 11) is 0. The first kappa shape index (κ1) is 22.9. The van der Waals surface area contributed by atoms with Gasteiger partial charge in [-0.25, -0.2) is 4.98 Å². The molecule has 1 aromatic carbocycles. The van der Waals surface area contributed by atoms with Crippen molar-refractivity contribution in [1.29, 1.82) is 0 Å².